The number of ether oxygens (including phenoxy) is 2. The topological polar surface area (TPSA) is 85.3 Å². The third-order valence-electron chi connectivity index (χ3n) is 2.93. The Morgan fingerprint density at radius 2 is 1.95 bits per heavy atom. The first-order valence-corrected chi connectivity index (χ1v) is 6.23. The summed E-state index contributed by atoms with van der Waals surface area (Å²) in [7, 11) is 1.52. The maximum Gasteiger partial charge on any atom is 0.248 e. The van der Waals surface area contributed by atoms with Crippen LogP contribution >= 0.6 is 0 Å². The Morgan fingerprint density at radius 3 is 2.52 bits per heavy atom. The lowest BCUT2D eigenvalue weighted by Gasteiger charge is -2.08. The van der Waals surface area contributed by atoms with Crippen molar-refractivity contribution >= 4 is 5.91 Å². The second kappa shape index (κ2) is 6.44. The molecule has 0 aliphatic rings. The molecule has 0 radical (unpaired) electrons. The third kappa shape index (κ3) is 3.51. The van der Waals surface area contributed by atoms with E-state index in [1.54, 1.807) is 36.4 Å². The van der Waals surface area contributed by atoms with E-state index in [9.17, 15) is 4.79 Å². The molecule has 2 aromatic rings. The number of nitrogens with two attached hydrogens (primary N) is 1. The average molecular weight is 282 g/mol. The first kappa shape index (κ1) is 14.4. The minimum Gasteiger partial charge on any atom is -0.495 e. The van der Waals surface area contributed by atoms with Crippen LogP contribution in [0.5, 0.6) is 11.5 Å². The van der Waals surface area contributed by atoms with Crippen LogP contribution in [-0.2, 0) is 6.61 Å². The highest BCUT2D eigenvalue weighted by molar-refractivity contribution is 5.92. The van der Waals surface area contributed by atoms with Crippen molar-refractivity contribution in [2.75, 3.05) is 7.11 Å². The van der Waals surface area contributed by atoms with Gasteiger partial charge in [0.25, 0.3) is 0 Å². The molecule has 21 heavy (non-hydrogen) atoms. The summed E-state index contributed by atoms with van der Waals surface area (Å²) in [5, 5.41) is 9.03. The zero-order chi connectivity index (χ0) is 15.2. The lowest BCUT2D eigenvalue weighted by atomic mass is 10.1. The van der Waals surface area contributed by atoms with Gasteiger partial charge in [-0.05, 0) is 42.0 Å². The van der Waals surface area contributed by atoms with E-state index in [0.29, 0.717) is 29.2 Å². The molecular formula is C16H14N2O3. The van der Waals surface area contributed by atoms with E-state index in [-0.39, 0.29) is 0 Å². The lowest BCUT2D eigenvalue weighted by molar-refractivity contribution is 0.1000. The van der Waals surface area contributed by atoms with Gasteiger partial charge >= 0.3 is 0 Å². The summed E-state index contributed by atoms with van der Waals surface area (Å²) >= 11 is 0. The first-order valence-electron chi connectivity index (χ1n) is 6.23. The summed E-state index contributed by atoms with van der Waals surface area (Å²) in [6, 6.07) is 13.9. The Labute approximate surface area is 122 Å². The predicted molar refractivity (Wildman–Crippen MR) is 77.0 cm³/mol. The average Bonchev–Trinajstić information content (AvgIpc) is 2.52. The molecule has 2 aromatic carbocycles. The fourth-order valence-electron chi connectivity index (χ4n) is 1.81. The molecule has 0 bridgehead atoms. The van der Waals surface area contributed by atoms with E-state index in [2.05, 4.69) is 6.07 Å². The van der Waals surface area contributed by atoms with E-state index in [1.807, 2.05) is 6.07 Å². The van der Waals surface area contributed by atoms with Crippen LogP contribution in [0.1, 0.15) is 21.5 Å². The highest BCUT2D eigenvalue weighted by atomic mass is 16.5. The number of benzene rings is 2. The number of carbonyl (C=O) groups excluding carboxylic acids is 1. The van der Waals surface area contributed by atoms with Gasteiger partial charge in [0, 0.05) is 5.56 Å². The number of carbonyl (C=O) groups is 1. The van der Waals surface area contributed by atoms with Crippen molar-refractivity contribution in [2.45, 2.75) is 6.61 Å². The molecule has 0 atom stereocenters. The van der Waals surface area contributed by atoms with Gasteiger partial charge in [0.1, 0.15) is 24.2 Å². The summed E-state index contributed by atoms with van der Waals surface area (Å²) in [4.78, 5) is 11.0. The highest BCUT2D eigenvalue weighted by Gasteiger charge is 2.05. The molecule has 0 spiro atoms. The molecule has 106 valence electrons. The van der Waals surface area contributed by atoms with E-state index in [1.165, 1.54) is 7.11 Å². The van der Waals surface area contributed by atoms with Gasteiger partial charge in [-0.2, -0.15) is 5.26 Å². The molecule has 0 saturated carbocycles. The maximum atomic E-state index is 11.0. The summed E-state index contributed by atoms with van der Waals surface area (Å²) < 4.78 is 10.7. The van der Waals surface area contributed by atoms with Crippen molar-refractivity contribution in [2.24, 2.45) is 5.73 Å². The van der Waals surface area contributed by atoms with Gasteiger partial charge in [0.15, 0.2) is 0 Å². The molecule has 5 nitrogen and oxygen atoms in total. The van der Waals surface area contributed by atoms with Crippen LogP contribution in [0.4, 0.5) is 0 Å². The fourth-order valence-corrected chi connectivity index (χ4v) is 1.81. The number of amides is 1. The second-order valence-corrected chi connectivity index (χ2v) is 4.32. The third-order valence-corrected chi connectivity index (χ3v) is 2.93. The van der Waals surface area contributed by atoms with Gasteiger partial charge in [-0.25, -0.2) is 0 Å². The molecule has 0 aliphatic heterocycles. The minimum absolute atomic E-state index is 0.314. The van der Waals surface area contributed by atoms with Crippen LogP contribution in [0.2, 0.25) is 0 Å². The molecule has 0 unspecified atom stereocenters. The zero-order valence-corrected chi connectivity index (χ0v) is 11.5. The van der Waals surface area contributed by atoms with E-state index in [0.717, 1.165) is 5.56 Å². The normalized spacial score (nSPS) is 9.71. The number of nitrogens with zero attached hydrogens (tertiary/aromatic N) is 1. The molecule has 0 saturated heterocycles. The highest BCUT2D eigenvalue weighted by Crippen LogP contribution is 2.20. The van der Waals surface area contributed by atoms with Crippen LogP contribution in [0.15, 0.2) is 42.5 Å². The molecule has 5 heteroatoms. The van der Waals surface area contributed by atoms with Gasteiger partial charge < -0.3 is 15.2 Å². The van der Waals surface area contributed by atoms with E-state index in [4.69, 9.17) is 20.5 Å². The van der Waals surface area contributed by atoms with Crippen molar-refractivity contribution in [3.63, 3.8) is 0 Å². The SMILES string of the molecule is COc1ccc(COc2ccc(C(N)=O)cc2)cc1C#N. The van der Waals surface area contributed by atoms with Crippen LogP contribution < -0.4 is 15.2 Å². The van der Waals surface area contributed by atoms with Crippen LogP contribution in [0, 0.1) is 11.3 Å². The minimum atomic E-state index is -0.477. The molecule has 0 fully saturated rings. The Morgan fingerprint density at radius 1 is 1.24 bits per heavy atom. The quantitative estimate of drug-likeness (QED) is 0.911. The van der Waals surface area contributed by atoms with Crippen LogP contribution in [0.3, 0.4) is 0 Å². The summed E-state index contributed by atoms with van der Waals surface area (Å²) in [5.74, 6) is 0.678. The first-order chi connectivity index (χ1) is 10.1. The van der Waals surface area contributed by atoms with E-state index < -0.39 is 5.91 Å². The zero-order valence-electron chi connectivity index (χ0n) is 11.5. The van der Waals surface area contributed by atoms with Gasteiger partial charge in [-0.15, -0.1) is 0 Å². The van der Waals surface area contributed by atoms with Crippen LogP contribution in [0.25, 0.3) is 0 Å². The Bertz CT molecular complexity index is 688. The standard InChI is InChI=1S/C16H14N2O3/c1-20-15-7-2-11(8-13(15)9-17)10-21-14-5-3-12(4-6-14)16(18)19/h2-8H,10H2,1H3,(H2,18,19). The summed E-state index contributed by atoms with van der Waals surface area (Å²) in [5.41, 5.74) is 6.91. The van der Waals surface area contributed by atoms with Crippen molar-refractivity contribution < 1.29 is 14.3 Å². The van der Waals surface area contributed by atoms with Crippen molar-refractivity contribution in [3.05, 3.63) is 59.2 Å². The summed E-state index contributed by atoms with van der Waals surface area (Å²) in [6.07, 6.45) is 0. The number of hydrogen-bond acceptors (Lipinski definition) is 4. The number of rotatable bonds is 5. The maximum absolute atomic E-state index is 11.0. The van der Waals surface area contributed by atoms with Crippen molar-refractivity contribution in [1.82, 2.24) is 0 Å². The lowest BCUT2D eigenvalue weighted by Crippen LogP contribution is -2.10. The van der Waals surface area contributed by atoms with Gasteiger partial charge in [-0.3, -0.25) is 4.79 Å². The number of primary amides is 1. The Kier molecular flexibility index (Phi) is 4.42. The molecule has 2 N–H and O–H groups in total. The number of methoxy groups -OCH3 is 1. The van der Waals surface area contributed by atoms with Gasteiger partial charge in [-0.1, -0.05) is 6.07 Å². The van der Waals surface area contributed by atoms with Crippen molar-refractivity contribution in [1.29, 1.82) is 5.26 Å². The largest absolute Gasteiger partial charge is 0.495 e. The van der Waals surface area contributed by atoms with Crippen molar-refractivity contribution in [3.8, 4) is 17.6 Å². The Balaban J connectivity index is 2.06. The fraction of sp³-hybridized carbons (Fsp3) is 0.125. The predicted octanol–water partition coefficient (Wildman–Crippen LogP) is 2.24. The number of nitriles is 1. The molecule has 0 aliphatic carbocycles. The van der Waals surface area contributed by atoms with Crippen LogP contribution in [-0.4, -0.2) is 13.0 Å². The second-order valence-electron chi connectivity index (χ2n) is 4.32. The molecule has 2 rings (SSSR count). The molecule has 0 aromatic heterocycles. The van der Waals surface area contributed by atoms with Gasteiger partial charge in [0.2, 0.25) is 5.91 Å². The molecule has 1 amide bonds. The van der Waals surface area contributed by atoms with E-state index >= 15 is 0 Å². The Hall–Kier alpha value is -3.00. The molecule has 0 heterocycles. The smallest absolute Gasteiger partial charge is 0.248 e. The molecular weight excluding hydrogens is 268 g/mol. The number of hydrogen-bond donors (Lipinski definition) is 1. The van der Waals surface area contributed by atoms with Gasteiger partial charge in [0.05, 0.1) is 12.7 Å². The monoisotopic (exact) mass is 282 g/mol. The summed E-state index contributed by atoms with van der Waals surface area (Å²) in [6.45, 7) is 0.314.